The minimum absolute atomic E-state index is 0.670. The molecule has 0 saturated heterocycles. The zero-order chi connectivity index (χ0) is 13.8. The van der Waals surface area contributed by atoms with E-state index in [1.807, 2.05) is 29.4 Å². The fraction of sp³-hybridized carbons (Fsp3) is 0.538. The van der Waals surface area contributed by atoms with E-state index in [1.54, 1.807) is 13.3 Å². The Bertz CT molecular complexity index is 543. The fourth-order valence-electron chi connectivity index (χ4n) is 2.10. The van der Waals surface area contributed by atoms with Crippen molar-refractivity contribution in [2.24, 2.45) is 7.05 Å². The van der Waals surface area contributed by atoms with E-state index < -0.39 is 0 Å². The molecule has 0 bridgehead atoms. The molecule has 6 nitrogen and oxygen atoms in total. The van der Waals surface area contributed by atoms with Crippen LogP contribution >= 0.6 is 0 Å². The minimum atomic E-state index is 0.670. The summed E-state index contributed by atoms with van der Waals surface area (Å²) in [4.78, 5) is 0. The van der Waals surface area contributed by atoms with E-state index in [-0.39, 0.29) is 0 Å². The molecule has 0 atom stereocenters. The Morgan fingerprint density at radius 2 is 2.16 bits per heavy atom. The zero-order valence-corrected chi connectivity index (χ0v) is 12.0. The van der Waals surface area contributed by atoms with Crippen molar-refractivity contribution in [1.82, 2.24) is 19.6 Å². The van der Waals surface area contributed by atoms with E-state index in [0.717, 1.165) is 35.9 Å². The standard InChI is InChI=1S/C13H21N5O/c1-10-13(11(2)18(16-10)7-8-19-4)14-9-12-5-6-15-17(12)3/h5-6,14H,7-9H2,1-4H3. The fourth-order valence-corrected chi connectivity index (χ4v) is 2.10. The highest BCUT2D eigenvalue weighted by atomic mass is 16.5. The number of ether oxygens (including phenoxy) is 1. The molecule has 2 aromatic rings. The van der Waals surface area contributed by atoms with Gasteiger partial charge >= 0.3 is 0 Å². The Kier molecular flexibility index (Phi) is 4.21. The van der Waals surface area contributed by atoms with Gasteiger partial charge in [-0.25, -0.2) is 0 Å². The highest BCUT2D eigenvalue weighted by Gasteiger charge is 2.11. The number of nitrogens with zero attached hydrogens (tertiary/aromatic N) is 4. The molecule has 2 rings (SSSR count). The largest absolute Gasteiger partial charge is 0.383 e. The lowest BCUT2D eigenvalue weighted by atomic mass is 10.3. The first-order valence-corrected chi connectivity index (χ1v) is 6.37. The van der Waals surface area contributed by atoms with E-state index >= 15 is 0 Å². The van der Waals surface area contributed by atoms with Gasteiger partial charge in [0.05, 0.1) is 42.5 Å². The normalized spacial score (nSPS) is 10.9. The monoisotopic (exact) mass is 263 g/mol. The molecule has 0 unspecified atom stereocenters. The summed E-state index contributed by atoms with van der Waals surface area (Å²) >= 11 is 0. The third-order valence-corrected chi connectivity index (χ3v) is 3.26. The number of nitrogens with one attached hydrogen (secondary N) is 1. The van der Waals surface area contributed by atoms with Crippen LogP contribution in [0.15, 0.2) is 12.3 Å². The van der Waals surface area contributed by atoms with Crippen LogP contribution in [0.5, 0.6) is 0 Å². The molecule has 0 radical (unpaired) electrons. The summed E-state index contributed by atoms with van der Waals surface area (Å²) in [7, 11) is 3.64. The molecule has 0 amide bonds. The van der Waals surface area contributed by atoms with Crippen LogP contribution in [0.4, 0.5) is 5.69 Å². The minimum Gasteiger partial charge on any atom is -0.383 e. The Labute approximate surface area is 113 Å². The average molecular weight is 263 g/mol. The molecule has 0 aliphatic carbocycles. The second-order valence-electron chi connectivity index (χ2n) is 4.56. The number of aryl methyl sites for hydroxylation is 2. The third-order valence-electron chi connectivity index (χ3n) is 3.26. The van der Waals surface area contributed by atoms with Gasteiger partial charge in [0.15, 0.2) is 0 Å². The molecule has 0 fully saturated rings. The Hall–Kier alpha value is -1.82. The molecule has 6 heteroatoms. The van der Waals surface area contributed by atoms with E-state index in [9.17, 15) is 0 Å². The van der Waals surface area contributed by atoms with Crippen molar-refractivity contribution in [2.75, 3.05) is 19.0 Å². The first-order valence-electron chi connectivity index (χ1n) is 6.37. The Balaban J connectivity index is 2.08. The summed E-state index contributed by atoms with van der Waals surface area (Å²) in [5.41, 5.74) is 4.38. The van der Waals surface area contributed by atoms with Crippen LogP contribution < -0.4 is 5.32 Å². The second-order valence-corrected chi connectivity index (χ2v) is 4.56. The summed E-state index contributed by atoms with van der Waals surface area (Å²) in [6, 6.07) is 2.01. The molecule has 0 aromatic carbocycles. The number of hydrogen-bond donors (Lipinski definition) is 1. The maximum absolute atomic E-state index is 5.09. The molecule has 0 aliphatic rings. The van der Waals surface area contributed by atoms with Crippen LogP contribution in [0.25, 0.3) is 0 Å². The van der Waals surface area contributed by atoms with E-state index in [0.29, 0.717) is 6.61 Å². The van der Waals surface area contributed by atoms with Crippen molar-refractivity contribution in [2.45, 2.75) is 26.9 Å². The smallest absolute Gasteiger partial charge is 0.0828 e. The van der Waals surface area contributed by atoms with Crippen molar-refractivity contribution in [1.29, 1.82) is 0 Å². The molecule has 0 aliphatic heterocycles. The lowest BCUT2D eigenvalue weighted by molar-refractivity contribution is 0.182. The van der Waals surface area contributed by atoms with Crippen molar-refractivity contribution in [3.05, 3.63) is 29.3 Å². The maximum atomic E-state index is 5.09. The van der Waals surface area contributed by atoms with E-state index in [2.05, 4.69) is 22.4 Å². The quantitative estimate of drug-likeness (QED) is 0.858. The Morgan fingerprint density at radius 3 is 2.79 bits per heavy atom. The van der Waals surface area contributed by atoms with Gasteiger partial charge in [0.25, 0.3) is 0 Å². The predicted octanol–water partition coefficient (Wildman–Crippen LogP) is 1.49. The van der Waals surface area contributed by atoms with Crippen LogP contribution in [0.1, 0.15) is 17.1 Å². The van der Waals surface area contributed by atoms with Crippen molar-refractivity contribution >= 4 is 5.69 Å². The summed E-state index contributed by atoms with van der Waals surface area (Å²) in [5.74, 6) is 0. The van der Waals surface area contributed by atoms with Crippen molar-refractivity contribution in [3.63, 3.8) is 0 Å². The molecule has 0 spiro atoms. The van der Waals surface area contributed by atoms with E-state index in [1.165, 1.54) is 0 Å². The SMILES string of the molecule is COCCn1nc(C)c(NCc2ccnn2C)c1C. The molecule has 104 valence electrons. The van der Waals surface area contributed by atoms with Gasteiger partial charge in [-0.1, -0.05) is 0 Å². The molecule has 2 heterocycles. The Morgan fingerprint density at radius 1 is 1.37 bits per heavy atom. The number of rotatable bonds is 6. The lowest BCUT2D eigenvalue weighted by Crippen LogP contribution is -2.09. The number of aromatic nitrogens is 4. The lowest BCUT2D eigenvalue weighted by Gasteiger charge is -2.08. The van der Waals surface area contributed by atoms with Crippen LogP contribution in [-0.2, 0) is 24.9 Å². The number of hydrogen-bond acceptors (Lipinski definition) is 4. The van der Waals surface area contributed by atoms with Gasteiger partial charge in [-0.05, 0) is 19.9 Å². The van der Waals surface area contributed by atoms with Crippen LogP contribution in [0.2, 0.25) is 0 Å². The molecular formula is C13H21N5O. The third kappa shape index (κ3) is 2.96. The van der Waals surface area contributed by atoms with Gasteiger partial charge in [0, 0.05) is 20.4 Å². The molecule has 1 N–H and O–H groups in total. The second kappa shape index (κ2) is 5.88. The molecular weight excluding hydrogens is 242 g/mol. The van der Waals surface area contributed by atoms with Gasteiger partial charge in [-0.15, -0.1) is 0 Å². The van der Waals surface area contributed by atoms with E-state index in [4.69, 9.17) is 4.74 Å². The van der Waals surface area contributed by atoms with Crippen molar-refractivity contribution in [3.8, 4) is 0 Å². The summed E-state index contributed by atoms with van der Waals surface area (Å²) in [5, 5.41) is 12.1. The van der Waals surface area contributed by atoms with Gasteiger partial charge in [-0.2, -0.15) is 10.2 Å². The molecule has 0 saturated carbocycles. The van der Waals surface area contributed by atoms with Gasteiger partial charge in [-0.3, -0.25) is 9.36 Å². The average Bonchev–Trinajstić information content (AvgIpc) is 2.90. The van der Waals surface area contributed by atoms with Crippen molar-refractivity contribution < 1.29 is 4.74 Å². The maximum Gasteiger partial charge on any atom is 0.0828 e. The van der Waals surface area contributed by atoms with Gasteiger partial charge in [0.1, 0.15) is 0 Å². The molecule has 19 heavy (non-hydrogen) atoms. The van der Waals surface area contributed by atoms with Gasteiger partial charge < -0.3 is 10.1 Å². The number of anilines is 1. The predicted molar refractivity (Wildman–Crippen MR) is 74.1 cm³/mol. The van der Waals surface area contributed by atoms with Crippen LogP contribution in [0, 0.1) is 13.8 Å². The zero-order valence-electron chi connectivity index (χ0n) is 12.0. The number of methoxy groups -OCH3 is 1. The van der Waals surface area contributed by atoms with Crippen LogP contribution in [-0.4, -0.2) is 33.3 Å². The molecule has 2 aromatic heterocycles. The van der Waals surface area contributed by atoms with Gasteiger partial charge in [0.2, 0.25) is 0 Å². The first kappa shape index (κ1) is 13.6. The highest BCUT2D eigenvalue weighted by Crippen LogP contribution is 2.20. The topological polar surface area (TPSA) is 56.9 Å². The summed E-state index contributed by atoms with van der Waals surface area (Å²) < 4.78 is 8.94. The summed E-state index contributed by atoms with van der Waals surface area (Å²) in [6.45, 7) is 6.27. The first-order chi connectivity index (χ1) is 9.13. The summed E-state index contributed by atoms with van der Waals surface area (Å²) in [6.07, 6.45) is 1.80. The van der Waals surface area contributed by atoms with Crippen LogP contribution in [0.3, 0.4) is 0 Å². The highest BCUT2D eigenvalue weighted by molar-refractivity contribution is 5.52.